The summed E-state index contributed by atoms with van der Waals surface area (Å²) in [6.07, 6.45) is -3.67. The van der Waals surface area contributed by atoms with Gasteiger partial charge in [-0.2, -0.15) is 23.5 Å². The molecule has 15 heteroatoms. The van der Waals surface area contributed by atoms with Crippen molar-refractivity contribution in [3.05, 3.63) is 47.8 Å². The second-order valence-corrected chi connectivity index (χ2v) is 10.6. The third-order valence-corrected chi connectivity index (χ3v) is 6.75. The van der Waals surface area contributed by atoms with Gasteiger partial charge >= 0.3 is 12.3 Å². The van der Waals surface area contributed by atoms with Gasteiger partial charge in [-0.25, -0.2) is 13.7 Å². The SMILES string of the molecule is CC(C)(O)[C@H](F)CNC(=O)c1cnc(-c2ccc3cc(C#N)cnn23)cc1NC1CC(CNC(=O)OCC(F)(F)F)C1. The molecule has 0 saturated heterocycles. The van der Waals surface area contributed by atoms with Crippen molar-refractivity contribution in [1.82, 2.24) is 25.2 Å². The van der Waals surface area contributed by atoms with Crippen LogP contribution in [0.4, 0.5) is 28.0 Å². The van der Waals surface area contributed by atoms with E-state index < -0.39 is 43.1 Å². The Balaban J connectivity index is 1.48. The van der Waals surface area contributed by atoms with Gasteiger partial charge in [0.25, 0.3) is 5.91 Å². The van der Waals surface area contributed by atoms with Crippen molar-refractivity contribution in [3.8, 4) is 17.5 Å². The number of hydrogen-bond acceptors (Lipinski definition) is 8. The van der Waals surface area contributed by atoms with Gasteiger partial charge in [-0.3, -0.25) is 9.78 Å². The molecule has 1 fully saturated rings. The molecular formula is C27H29F4N7O4. The van der Waals surface area contributed by atoms with E-state index >= 15 is 0 Å². The monoisotopic (exact) mass is 591 g/mol. The number of carbonyl (C=O) groups excluding carboxylic acids is 2. The minimum Gasteiger partial charge on any atom is -0.440 e. The first-order valence-electron chi connectivity index (χ1n) is 13.0. The summed E-state index contributed by atoms with van der Waals surface area (Å²) in [7, 11) is 0. The summed E-state index contributed by atoms with van der Waals surface area (Å²) in [5.41, 5.74) is 0.944. The maximum Gasteiger partial charge on any atom is 0.422 e. The van der Waals surface area contributed by atoms with Crippen LogP contribution in [0.2, 0.25) is 0 Å². The first-order chi connectivity index (χ1) is 19.7. The highest BCUT2D eigenvalue weighted by Gasteiger charge is 2.33. The van der Waals surface area contributed by atoms with Crippen LogP contribution in [0.15, 0.2) is 36.7 Å². The first-order valence-corrected chi connectivity index (χ1v) is 13.0. The number of aliphatic hydroxyl groups is 1. The number of aromatic nitrogens is 3. The Morgan fingerprint density at radius 1 is 1.21 bits per heavy atom. The quantitative estimate of drug-likeness (QED) is 0.261. The molecule has 4 N–H and O–H groups in total. The molecule has 0 radical (unpaired) electrons. The number of nitriles is 1. The highest BCUT2D eigenvalue weighted by Crippen LogP contribution is 2.32. The number of fused-ring (bicyclic) bond motifs is 1. The van der Waals surface area contributed by atoms with E-state index in [-0.39, 0.29) is 24.1 Å². The lowest BCUT2D eigenvalue weighted by molar-refractivity contribution is -0.160. The Morgan fingerprint density at radius 3 is 2.62 bits per heavy atom. The molecule has 2 amide bonds. The summed E-state index contributed by atoms with van der Waals surface area (Å²) in [6, 6.07) is 8.71. The Kier molecular flexibility index (Phi) is 8.86. The lowest BCUT2D eigenvalue weighted by atomic mass is 9.80. The van der Waals surface area contributed by atoms with E-state index in [4.69, 9.17) is 5.26 Å². The smallest absolute Gasteiger partial charge is 0.422 e. The molecular weight excluding hydrogens is 562 g/mol. The predicted molar refractivity (Wildman–Crippen MR) is 142 cm³/mol. The van der Waals surface area contributed by atoms with Crippen LogP contribution in [0.1, 0.15) is 42.6 Å². The summed E-state index contributed by atoms with van der Waals surface area (Å²) in [5, 5.41) is 31.3. The maximum absolute atomic E-state index is 14.3. The molecule has 0 aliphatic heterocycles. The molecule has 224 valence electrons. The Morgan fingerprint density at radius 2 is 1.95 bits per heavy atom. The van der Waals surface area contributed by atoms with Gasteiger partial charge in [0.15, 0.2) is 6.61 Å². The van der Waals surface area contributed by atoms with Gasteiger partial charge in [-0.15, -0.1) is 0 Å². The molecule has 3 aromatic rings. The number of ether oxygens (including phenoxy) is 1. The van der Waals surface area contributed by atoms with Crippen LogP contribution < -0.4 is 16.0 Å². The molecule has 42 heavy (non-hydrogen) atoms. The molecule has 0 unspecified atom stereocenters. The fourth-order valence-corrected chi connectivity index (χ4v) is 4.34. The van der Waals surface area contributed by atoms with E-state index in [1.807, 2.05) is 6.07 Å². The number of anilines is 1. The topological polar surface area (TPSA) is 154 Å². The Hall–Kier alpha value is -4.45. The van der Waals surface area contributed by atoms with E-state index in [0.717, 1.165) is 0 Å². The molecule has 3 aromatic heterocycles. The molecule has 0 aromatic carbocycles. The molecule has 4 rings (SSSR count). The number of alkyl carbamates (subject to hydrolysis) is 1. The summed E-state index contributed by atoms with van der Waals surface area (Å²) >= 11 is 0. The van der Waals surface area contributed by atoms with Gasteiger partial charge in [0, 0.05) is 18.8 Å². The molecule has 1 atom stereocenters. The van der Waals surface area contributed by atoms with E-state index in [2.05, 4.69) is 30.8 Å². The molecule has 0 bridgehead atoms. The molecule has 1 aliphatic carbocycles. The second kappa shape index (κ2) is 12.2. The number of pyridine rings is 1. The minimum atomic E-state index is -4.61. The van der Waals surface area contributed by atoms with E-state index in [0.29, 0.717) is 41.0 Å². The van der Waals surface area contributed by atoms with Crippen molar-refractivity contribution in [3.63, 3.8) is 0 Å². The van der Waals surface area contributed by atoms with E-state index in [9.17, 15) is 32.3 Å². The van der Waals surface area contributed by atoms with Crippen LogP contribution in [0.3, 0.4) is 0 Å². The van der Waals surface area contributed by atoms with Crippen LogP contribution in [0, 0.1) is 17.2 Å². The minimum absolute atomic E-state index is 0.0355. The molecule has 0 spiro atoms. The first kappa shape index (κ1) is 30.5. The van der Waals surface area contributed by atoms with Crippen molar-refractivity contribution in [2.24, 2.45) is 5.92 Å². The summed E-state index contributed by atoms with van der Waals surface area (Å²) in [4.78, 5) is 28.9. The van der Waals surface area contributed by atoms with Gasteiger partial charge in [0.05, 0.1) is 52.1 Å². The average molecular weight is 592 g/mol. The molecule has 11 nitrogen and oxygen atoms in total. The van der Waals surface area contributed by atoms with Crippen LogP contribution >= 0.6 is 0 Å². The largest absolute Gasteiger partial charge is 0.440 e. The van der Waals surface area contributed by atoms with Crippen molar-refractivity contribution < 1.29 is 37.0 Å². The Bertz CT molecular complexity index is 1490. The van der Waals surface area contributed by atoms with Crippen molar-refractivity contribution in [1.29, 1.82) is 5.26 Å². The zero-order valence-corrected chi connectivity index (χ0v) is 22.7. The lowest BCUT2D eigenvalue weighted by Crippen LogP contribution is -2.43. The molecule has 1 saturated carbocycles. The molecule has 3 heterocycles. The zero-order chi connectivity index (χ0) is 30.7. The number of amides is 2. The van der Waals surface area contributed by atoms with Crippen LogP contribution in [-0.4, -0.2) is 75.4 Å². The number of rotatable bonds is 10. The van der Waals surface area contributed by atoms with Crippen LogP contribution in [0.5, 0.6) is 0 Å². The number of nitrogens with zero attached hydrogens (tertiary/aromatic N) is 4. The standard InChI is InChI=1S/C27H29F4N7O4/c1-26(2,41)23(28)13-34-24(39)19-12-33-21(22-4-3-18-7-16(9-32)11-36-38(18)22)8-20(19)37-17-5-15(6-17)10-35-25(40)42-14-27(29,30)31/h3-4,7-8,11-12,15,17,23,41H,5-6,10,13-14H2,1-2H3,(H,33,37)(H,34,39)(H,35,40)/t15?,17?,23-/m1/s1. The summed E-state index contributed by atoms with van der Waals surface area (Å²) in [6.45, 7) is 0.597. The third kappa shape index (κ3) is 7.64. The number of alkyl halides is 4. The van der Waals surface area contributed by atoms with E-state index in [1.54, 1.807) is 28.8 Å². The fraction of sp³-hybridized carbons (Fsp3) is 0.444. The summed E-state index contributed by atoms with van der Waals surface area (Å²) in [5.74, 6) is -0.656. The van der Waals surface area contributed by atoms with Gasteiger partial charge in [0.2, 0.25) is 0 Å². The van der Waals surface area contributed by atoms with E-state index in [1.165, 1.54) is 26.2 Å². The summed E-state index contributed by atoms with van der Waals surface area (Å²) < 4.78 is 56.6. The molecule has 1 aliphatic rings. The third-order valence-electron chi connectivity index (χ3n) is 6.75. The van der Waals surface area contributed by atoms with Crippen LogP contribution in [0.25, 0.3) is 16.9 Å². The van der Waals surface area contributed by atoms with Crippen molar-refractivity contribution in [2.45, 2.75) is 50.7 Å². The highest BCUT2D eigenvalue weighted by atomic mass is 19.4. The second-order valence-electron chi connectivity index (χ2n) is 10.6. The maximum atomic E-state index is 14.3. The highest BCUT2D eigenvalue weighted by molar-refractivity contribution is 6.00. The van der Waals surface area contributed by atoms with Crippen LogP contribution in [-0.2, 0) is 4.74 Å². The number of halogens is 4. The fourth-order valence-electron chi connectivity index (χ4n) is 4.34. The van der Waals surface area contributed by atoms with Gasteiger partial charge in [-0.1, -0.05) is 0 Å². The van der Waals surface area contributed by atoms with Gasteiger partial charge < -0.3 is 25.8 Å². The zero-order valence-electron chi connectivity index (χ0n) is 22.7. The number of hydrogen-bond donors (Lipinski definition) is 4. The lowest BCUT2D eigenvalue weighted by Gasteiger charge is -2.37. The normalized spacial score (nSPS) is 17.6. The number of carbonyl (C=O) groups is 2. The average Bonchev–Trinajstić information content (AvgIpc) is 3.33. The van der Waals surface area contributed by atoms with Gasteiger partial charge in [0.1, 0.15) is 12.2 Å². The van der Waals surface area contributed by atoms with Crippen molar-refractivity contribution >= 4 is 23.2 Å². The number of nitrogens with one attached hydrogen (secondary N) is 3. The predicted octanol–water partition coefficient (Wildman–Crippen LogP) is 3.59. The van der Waals surface area contributed by atoms with Crippen molar-refractivity contribution in [2.75, 3.05) is 25.0 Å². The Labute approximate surface area is 237 Å². The van der Waals surface area contributed by atoms with Gasteiger partial charge in [-0.05, 0) is 56.9 Å².